The second-order valence-corrected chi connectivity index (χ2v) is 6.53. The lowest BCUT2D eigenvalue weighted by atomic mass is 9.89. The van der Waals surface area contributed by atoms with Gasteiger partial charge in [0.1, 0.15) is 0 Å². The third-order valence-corrected chi connectivity index (χ3v) is 4.95. The lowest BCUT2D eigenvalue weighted by molar-refractivity contribution is 0.0516. The third kappa shape index (κ3) is 4.42. The van der Waals surface area contributed by atoms with Gasteiger partial charge < -0.3 is 15.4 Å². The van der Waals surface area contributed by atoms with Crippen LogP contribution in [0.25, 0.3) is 0 Å². The molecule has 19 heavy (non-hydrogen) atoms. The van der Waals surface area contributed by atoms with Crippen LogP contribution in [0.2, 0.25) is 0 Å². The van der Waals surface area contributed by atoms with Crippen molar-refractivity contribution in [2.45, 2.75) is 37.6 Å². The van der Waals surface area contributed by atoms with Crippen molar-refractivity contribution >= 4 is 0 Å². The van der Waals surface area contributed by atoms with Crippen molar-refractivity contribution in [3.05, 3.63) is 0 Å². The van der Waals surface area contributed by atoms with Gasteiger partial charge in [-0.1, -0.05) is 0 Å². The molecule has 2 fully saturated rings. The molecule has 2 N–H and O–H groups in total. The zero-order valence-corrected chi connectivity index (χ0v) is 12.7. The fourth-order valence-corrected chi connectivity index (χ4v) is 3.03. The van der Waals surface area contributed by atoms with Crippen molar-refractivity contribution in [1.29, 1.82) is 0 Å². The SMILES string of the molecule is CN1CCCC(CN)(N(C)CCOCC2CC2)CC1. The van der Waals surface area contributed by atoms with Gasteiger partial charge in [-0.2, -0.15) is 0 Å². The monoisotopic (exact) mass is 269 g/mol. The molecule has 0 radical (unpaired) electrons. The van der Waals surface area contributed by atoms with Gasteiger partial charge in [-0.25, -0.2) is 0 Å². The Hall–Kier alpha value is -0.160. The molecule has 0 aromatic rings. The highest BCUT2D eigenvalue weighted by Crippen LogP contribution is 2.29. The summed E-state index contributed by atoms with van der Waals surface area (Å²) in [7, 11) is 4.43. The molecule has 0 aromatic carbocycles. The normalized spacial score (nSPS) is 29.7. The van der Waals surface area contributed by atoms with Gasteiger partial charge >= 0.3 is 0 Å². The first-order valence-electron chi connectivity index (χ1n) is 7.84. The molecular weight excluding hydrogens is 238 g/mol. The number of nitrogens with two attached hydrogens (primary N) is 1. The molecular formula is C15H31N3O. The first-order chi connectivity index (χ1) is 9.16. The highest BCUT2D eigenvalue weighted by molar-refractivity contribution is 4.93. The number of nitrogens with zero attached hydrogens (tertiary/aromatic N) is 2. The van der Waals surface area contributed by atoms with Crippen molar-refractivity contribution in [1.82, 2.24) is 9.80 Å². The molecule has 1 saturated carbocycles. The van der Waals surface area contributed by atoms with Gasteiger partial charge in [0.25, 0.3) is 0 Å². The van der Waals surface area contributed by atoms with E-state index in [1.54, 1.807) is 0 Å². The standard InChI is InChI=1S/C15H31N3O/c1-17-8-3-6-15(13-16,7-9-17)18(2)10-11-19-12-14-4-5-14/h14H,3-13,16H2,1-2H3. The van der Waals surface area contributed by atoms with Crippen molar-refractivity contribution in [3.63, 3.8) is 0 Å². The van der Waals surface area contributed by atoms with Crippen LogP contribution in [-0.2, 0) is 4.74 Å². The van der Waals surface area contributed by atoms with E-state index in [9.17, 15) is 0 Å². The summed E-state index contributed by atoms with van der Waals surface area (Å²) >= 11 is 0. The Balaban J connectivity index is 1.76. The minimum Gasteiger partial charge on any atom is -0.380 e. The summed E-state index contributed by atoms with van der Waals surface area (Å²) in [5.41, 5.74) is 6.30. The van der Waals surface area contributed by atoms with Gasteiger partial charge in [-0.15, -0.1) is 0 Å². The summed E-state index contributed by atoms with van der Waals surface area (Å²) in [4.78, 5) is 4.88. The number of hydrogen-bond acceptors (Lipinski definition) is 4. The Bertz CT molecular complexity index is 270. The quantitative estimate of drug-likeness (QED) is 0.704. The Kier molecular flexibility index (Phi) is 5.63. The van der Waals surface area contributed by atoms with Gasteiger partial charge in [-0.3, -0.25) is 4.90 Å². The van der Waals surface area contributed by atoms with E-state index in [2.05, 4.69) is 23.9 Å². The smallest absolute Gasteiger partial charge is 0.0593 e. The molecule has 0 amide bonds. The molecule has 1 heterocycles. The third-order valence-electron chi connectivity index (χ3n) is 4.95. The average molecular weight is 269 g/mol. The summed E-state index contributed by atoms with van der Waals surface area (Å²) in [5, 5.41) is 0. The topological polar surface area (TPSA) is 41.7 Å². The number of ether oxygens (including phenoxy) is 1. The molecule has 1 saturated heterocycles. The number of rotatable bonds is 7. The van der Waals surface area contributed by atoms with Crippen LogP contribution in [0.15, 0.2) is 0 Å². The van der Waals surface area contributed by atoms with Gasteiger partial charge in [0.2, 0.25) is 0 Å². The number of likely N-dealkylation sites (N-methyl/N-ethyl adjacent to an activating group) is 1. The summed E-state index contributed by atoms with van der Waals surface area (Å²) < 4.78 is 5.77. The summed E-state index contributed by atoms with van der Waals surface area (Å²) in [6.07, 6.45) is 6.39. The number of likely N-dealkylation sites (tertiary alicyclic amines) is 1. The van der Waals surface area contributed by atoms with Gasteiger partial charge in [-0.05, 0) is 65.2 Å². The molecule has 1 aliphatic heterocycles. The van der Waals surface area contributed by atoms with E-state index < -0.39 is 0 Å². The Morgan fingerprint density at radius 3 is 2.79 bits per heavy atom. The molecule has 4 nitrogen and oxygen atoms in total. The van der Waals surface area contributed by atoms with E-state index >= 15 is 0 Å². The lowest BCUT2D eigenvalue weighted by Gasteiger charge is -2.40. The van der Waals surface area contributed by atoms with Crippen molar-refractivity contribution in [2.24, 2.45) is 11.7 Å². The number of hydrogen-bond donors (Lipinski definition) is 1. The lowest BCUT2D eigenvalue weighted by Crippen LogP contribution is -2.53. The average Bonchev–Trinajstić information content (AvgIpc) is 3.22. The minimum absolute atomic E-state index is 0.188. The van der Waals surface area contributed by atoms with Crippen LogP contribution in [0.3, 0.4) is 0 Å². The van der Waals surface area contributed by atoms with Crippen LogP contribution in [-0.4, -0.2) is 68.8 Å². The van der Waals surface area contributed by atoms with Crippen molar-refractivity contribution in [2.75, 3.05) is 53.5 Å². The van der Waals surface area contributed by atoms with Gasteiger partial charge in [0.05, 0.1) is 6.61 Å². The van der Waals surface area contributed by atoms with E-state index in [0.29, 0.717) is 0 Å². The van der Waals surface area contributed by atoms with E-state index in [0.717, 1.165) is 38.8 Å². The van der Waals surface area contributed by atoms with E-state index in [1.165, 1.54) is 38.6 Å². The summed E-state index contributed by atoms with van der Waals surface area (Å²) in [6.45, 7) is 5.95. The fraction of sp³-hybridized carbons (Fsp3) is 1.00. The van der Waals surface area contributed by atoms with Crippen molar-refractivity contribution in [3.8, 4) is 0 Å². The molecule has 1 unspecified atom stereocenters. The maximum Gasteiger partial charge on any atom is 0.0593 e. The van der Waals surface area contributed by atoms with Gasteiger partial charge in [0.15, 0.2) is 0 Å². The van der Waals surface area contributed by atoms with Crippen LogP contribution >= 0.6 is 0 Å². The molecule has 1 atom stereocenters. The minimum atomic E-state index is 0.188. The fourth-order valence-electron chi connectivity index (χ4n) is 3.03. The Labute approximate surface area is 118 Å². The molecule has 2 aliphatic rings. The Morgan fingerprint density at radius 1 is 1.32 bits per heavy atom. The molecule has 0 spiro atoms. The van der Waals surface area contributed by atoms with Crippen LogP contribution < -0.4 is 5.73 Å². The zero-order chi connectivity index (χ0) is 13.7. The largest absolute Gasteiger partial charge is 0.380 e. The molecule has 4 heteroatoms. The second-order valence-electron chi connectivity index (χ2n) is 6.53. The van der Waals surface area contributed by atoms with Crippen LogP contribution in [0, 0.1) is 5.92 Å². The highest BCUT2D eigenvalue weighted by atomic mass is 16.5. The van der Waals surface area contributed by atoms with E-state index in [4.69, 9.17) is 10.5 Å². The highest BCUT2D eigenvalue weighted by Gasteiger charge is 2.34. The van der Waals surface area contributed by atoms with E-state index in [-0.39, 0.29) is 5.54 Å². The first-order valence-corrected chi connectivity index (χ1v) is 7.84. The molecule has 0 aromatic heterocycles. The van der Waals surface area contributed by atoms with Gasteiger partial charge in [0, 0.05) is 25.2 Å². The molecule has 1 aliphatic carbocycles. The Morgan fingerprint density at radius 2 is 2.11 bits per heavy atom. The second kappa shape index (κ2) is 7.02. The van der Waals surface area contributed by atoms with E-state index in [1.807, 2.05) is 0 Å². The maximum atomic E-state index is 6.12. The zero-order valence-electron chi connectivity index (χ0n) is 12.7. The van der Waals surface area contributed by atoms with Crippen LogP contribution in [0.4, 0.5) is 0 Å². The molecule has 112 valence electrons. The predicted molar refractivity (Wildman–Crippen MR) is 79.3 cm³/mol. The first kappa shape index (κ1) is 15.2. The maximum absolute atomic E-state index is 6.12. The van der Waals surface area contributed by atoms with Crippen LogP contribution in [0.5, 0.6) is 0 Å². The summed E-state index contributed by atoms with van der Waals surface area (Å²) in [6, 6.07) is 0. The molecule has 0 bridgehead atoms. The van der Waals surface area contributed by atoms with Crippen LogP contribution in [0.1, 0.15) is 32.1 Å². The van der Waals surface area contributed by atoms with Crippen molar-refractivity contribution < 1.29 is 4.74 Å². The molecule has 2 rings (SSSR count). The predicted octanol–water partition coefficient (Wildman–Crippen LogP) is 1.16. The summed E-state index contributed by atoms with van der Waals surface area (Å²) in [5.74, 6) is 0.861.